The van der Waals surface area contributed by atoms with Crippen molar-refractivity contribution in [3.63, 3.8) is 0 Å². The predicted molar refractivity (Wildman–Crippen MR) is 33.1 cm³/mol. The molecule has 0 unspecified atom stereocenters. The highest BCUT2D eigenvalue weighted by Gasteiger charge is 2.28. The molecular weight excluding hydrogens is 118 g/mol. The zero-order chi connectivity index (χ0) is 6.85. The summed E-state index contributed by atoms with van der Waals surface area (Å²) in [5, 5.41) is 0. The molecule has 0 saturated carbocycles. The van der Waals surface area contributed by atoms with Gasteiger partial charge in [-0.15, -0.1) is 0 Å². The Morgan fingerprint density at radius 1 is 1.78 bits per heavy atom. The molecule has 1 aliphatic heterocycles. The van der Waals surface area contributed by atoms with Crippen LogP contribution in [0.15, 0.2) is 0 Å². The van der Waals surface area contributed by atoms with Crippen LogP contribution in [0.5, 0.6) is 0 Å². The average Bonchev–Trinajstić information content (AvgIpc) is 2.15. The molecule has 1 saturated heterocycles. The van der Waals surface area contributed by atoms with Gasteiger partial charge in [0.1, 0.15) is 6.10 Å². The first-order chi connectivity index (χ1) is 4.25. The summed E-state index contributed by atoms with van der Waals surface area (Å²) < 4.78 is 4.90. The van der Waals surface area contributed by atoms with Crippen LogP contribution in [0.1, 0.15) is 6.42 Å². The molecule has 0 aromatic heterocycles. The number of amides is 1. The second-order valence-corrected chi connectivity index (χ2v) is 2.27. The zero-order valence-electron chi connectivity index (χ0n) is 5.76. The van der Waals surface area contributed by atoms with Crippen LogP contribution >= 0.6 is 0 Å². The molecule has 9 heavy (non-hydrogen) atoms. The second-order valence-electron chi connectivity index (χ2n) is 2.27. The van der Waals surface area contributed by atoms with Gasteiger partial charge in [0.25, 0.3) is 5.91 Å². The predicted octanol–water partition coefficient (Wildman–Crippen LogP) is -0.137. The quantitative estimate of drug-likeness (QED) is 0.493. The first-order valence-electron chi connectivity index (χ1n) is 3.03. The Morgan fingerprint density at radius 2 is 2.44 bits per heavy atom. The summed E-state index contributed by atoms with van der Waals surface area (Å²) in [6.45, 7) is 0.831. The van der Waals surface area contributed by atoms with Gasteiger partial charge in [-0.3, -0.25) is 4.79 Å². The summed E-state index contributed by atoms with van der Waals surface area (Å²) in [5.41, 5.74) is 0. The normalized spacial score (nSPS) is 27.6. The fraction of sp³-hybridized carbons (Fsp3) is 0.833. The van der Waals surface area contributed by atoms with Crippen molar-refractivity contribution in [2.45, 2.75) is 12.5 Å². The third-order valence-electron chi connectivity index (χ3n) is 1.66. The van der Waals surface area contributed by atoms with E-state index in [0.29, 0.717) is 0 Å². The number of carbonyl (C=O) groups excluding carboxylic acids is 1. The first kappa shape index (κ1) is 6.55. The molecule has 3 nitrogen and oxygen atoms in total. The lowest BCUT2D eigenvalue weighted by atomic mass is 10.3. The lowest BCUT2D eigenvalue weighted by Crippen LogP contribution is -2.26. The fourth-order valence-electron chi connectivity index (χ4n) is 1.01. The highest BCUT2D eigenvalue weighted by Crippen LogP contribution is 2.10. The number of carbonyl (C=O) groups is 1. The largest absolute Gasteiger partial charge is 0.372 e. The van der Waals surface area contributed by atoms with Gasteiger partial charge in [-0.05, 0) is 0 Å². The monoisotopic (exact) mass is 129 g/mol. The van der Waals surface area contributed by atoms with Crippen molar-refractivity contribution in [2.75, 3.05) is 20.7 Å². The molecule has 0 bridgehead atoms. The van der Waals surface area contributed by atoms with E-state index in [9.17, 15) is 4.79 Å². The molecule has 1 amide bonds. The number of nitrogens with zero attached hydrogens (tertiary/aromatic N) is 1. The van der Waals surface area contributed by atoms with Gasteiger partial charge in [0.2, 0.25) is 0 Å². The van der Waals surface area contributed by atoms with Crippen LogP contribution in [0.2, 0.25) is 0 Å². The van der Waals surface area contributed by atoms with Gasteiger partial charge in [-0.25, -0.2) is 0 Å². The van der Waals surface area contributed by atoms with E-state index in [1.54, 1.807) is 19.1 Å². The number of hydrogen-bond acceptors (Lipinski definition) is 2. The van der Waals surface area contributed by atoms with Crippen molar-refractivity contribution in [2.24, 2.45) is 0 Å². The molecular formula is C6H11NO2. The summed E-state index contributed by atoms with van der Waals surface area (Å²) >= 11 is 0. The summed E-state index contributed by atoms with van der Waals surface area (Å²) in [7, 11) is 3.36. The highest BCUT2D eigenvalue weighted by atomic mass is 16.5. The summed E-state index contributed by atoms with van der Waals surface area (Å²) in [4.78, 5) is 12.6. The van der Waals surface area contributed by atoms with Crippen LogP contribution in [-0.2, 0) is 9.53 Å². The lowest BCUT2D eigenvalue weighted by molar-refractivity contribution is -0.134. The van der Waals surface area contributed by atoms with E-state index >= 15 is 0 Å². The van der Waals surface area contributed by atoms with Crippen molar-refractivity contribution in [3.05, 3.63) is 0 Å². The van der Waals surface area contributed by atoms with Gasteiger partial charge in [0.15, 0.2) is 0 Å². The Hall–Kier alpha value is -0.570. The smallest absolute Gasteiger partial charge is 0.251 e. The van der Waals surface area contributed by atoms with E-state index in [2.05, 4.69) is 0 Å². The zero-order valence-corrected chi connectivity index (χ0v) is 5.76. The number of rotatable bonds is 1. The maximum atomic E-state index is 10.9. The van der Waals surface area contributed by atoms with Crippen molar-refractivity contribution in [3.8, 4) is 0 Å². The van der Waals surface area contributed by atoms with E-state index in [1.807, 2.05) is 0 Å². The van der Waals surface area contributed by atoms with Gasteiger partial charge < -0.3 is 9.64 Å². The van der Waals surface area contributed by atoms with Crippen molar-refractivity contribution >= 4 is 5.91 Å². The Labute approximate surface area is 54.6 Å². The minimum Gasteiger partial charge on any atom is -0.372 e. The molecule has 0 radical (unpaired) electrons. The van der Waals surface area contributed by atoms with Crippen molar-refractivity contribution < 1.29 is 9.53 Å². The number of likely N-dealkylation sites (tertiary alicyclic amines) is 1. The third kappa shape index (κ3) is 1.05. The summed E-state index contributed by atoms with van der Waals surface area (Å²) in [6, 6.07) is 0. The molecule has 0 spiro atoms. The Kier molecular flexibility index (Phi) is 1.71. The number of ether oxygens (including phenoxy) is 1. The number of hydrogen-bond donors (Lipinski definition) is 0. The fourth-order valence-corrected chi connectivity index (χ4v) is 1.01. The Balaban J connectivity index is 2.51. The van der Waals surface area contributed by atoms with E-state index < -0.39 is 0 Å². The molecule has 3 heteroatoms. The van der Waals surface area contributed by atoms with Gasteiger partial charge >= 0.3 is 0 Å². The molecule has 1 rings (SSSR count). The third-order valence-corrected chi connectivity index (χ3v) is 1.66. The van der Waals surface area contributed by atoms with Gasteiger partial charge in [0.05, 0.1) is 0 Å². The molecule has 1 aliphatic rings. The second kappa shape index (κ2) is 2.35. The molecule has 1 fully saturated rings. The van der Waals surface area contributed by atoms with Gasteiger partial charge in [0, 0.05) is 27.1 Å². The Bertz CT molecular complexity index is 124. The van der Waals surface area contributed by atoms with Crippen molar-refractivity contribution in [1.82, 2.24) is 4.90 Å². The van der Waals surface area contributed by atoms with Gasteiger partial charge in [-0.1, -0.05) is 0 Å². The van der Waals surface area contributed by atoms with Gasteiger partial charge in [-0.2, -0.15) is 0 Å². The SMILES string of the molecule is CO[C@@H]1CCN(C)C1=O. The van der Waals surface area contributed by atoms with E-state index in [0.717, 1.165) is 13.0 Å². The van der Waals surface area contributed by atoms with Crippen molar-refractivity contribution in [1.29, 1.82) is 0 Å². The van der Waals surface area contributed by atoms with E-state index in [1.165, 1.54) is 0 Å². The van der Waals surface area contributed by atoms with Crippen LogP contribution in [0, 0.1) is 0 Å². The lowest BCUT2D eigenvalue weighted by Gasteiger charge is -2.07. The Morgan fingerprint density at radius 3 is 2.67 bits per heavy atom. The molecule has 0 aromatic carbocycles. The molecule has 0 aromatic rings. The average molecular weight is 129 g/mol. The van der Waals surface area contributed by atoms with Crippen LogP contribution < -0.4 is 0 Å². The van der Waals surface area contributed by atoms with E-state index in [-0.39, 0.29) is 12.0 Å². The minimum atomic E-state index is -0.171. The highest BCUT2D eigenvalue weighted by molar-refractivity contribution is 5.82. The van der Waals surface area contributed by atoms with Crippen LogP contribution in [-0.4, -0.2) is 37.6 Å². The number of methoxy groups -OCH3 is 1. The molecule has 1 heterocycles. The van der Waals surface area contributed by atoms with Crippen LogP contribution in [0.4, 0.5) is 0 Å². The molecule has 0 aliphatic carbocycles. The van der Waals surface area contributed by atoms with Crippen LogP contribution in [0.3, 0.4) is 0 Å². The topological polar surface area (TPSA) is 29.5 Å². The molecule has 52 valence electrons. The first-order valence-corrected chi connectivity index (χ1v) is 3.03. The maximum absolute atomic E-state index is 10.9. The molecule has 0 N–H and O–H groups in total. The standard InChI is InChI=1S/C6H11NO2/c1-7-4-3-5(9-2)6(7)8/h5H,3-4H2,1-2H3/t5-/m1/s1. The maximum Gasteiger partial charge on any atom is 0.251 e. The minimum absolute atomic E-state index is 0.109. The summed E-state index contributed by atoms with van der Waals surface area (Å²) in [6.07, 6.45) is 0.668. The van der Waals surface area contributed by atoms with Crippen LogP contribution in [0.25, 0.3) is 0 Å². The summed E-state index contributed by atoms with van der Waals surface area (Å²) in [5.74, 6) is 0.109. The number of likely N-dealkylation sites (N-methyl/N-ethyl adjacent to an activating group) is 1. The van der Waals surface area contributed by atoms with E-state index in [4.69, 9.17) is 4.74 Å². The molecule has 1 atom stereocenters.